The number of ketones is 1. The SMILES string of the molecule is CC[C@H]1C(=O)C(C)(C)[C@@H](O)CC(=O)N[C@H](C(C)=Cc2csc(C)n2)C[C@@H]2O[C@]2(F)CCO[C@@H](C)[C@H]1O. The third kappa shape index (κ3) is 6.58. The first-order valence-electron chi connectivity index (χ1n) is 12.6. The van der Waals surface area contributed by atoms with Gasteiger partial charge in [0.25, 0.3) is 0 Å². The molecule has 0 aromatic carbocycles. The Bertz CT molecular complexity index is 981. The molecular weight excluding hydrogens is 487 g/mol. The number of ether oxygens (including phenoxy) is 2. The predicted molar refractivity (Wildman–Crippen MR) is 135 cm³/mol. The first-order chi connectivity index (χ1) is 16.8. The average Bonchev–Trinajstić information content (AvgIpc) is 3.24. The summed E-state index contributed by atoms with van der Waals surface area (Å²) in [7, 11) is 0. The highest BCUT2D eigenvalue weighted by atomic mass is 32.1. The Morgan fingerprint density at radius 2 is 2.06 bits per heavy atom. The van der Waals surface area contributed by atoms with Gasteiger partial charge in [0.2, 0.25) is 11.8 Å². The van der Waals surface area contributed by atoms with Crippen LogP contribution in [-0.2, 0) is 19.1 Å². The Morgan fingerprint density at radius 3 is 2.67 bits per heavy atom. The van der Waals surface area contributed by atoms with Gasteiger partial charge in [-0.2, -0.15) is 0 Å². The number of halogens is 1. The number of hydrogen-bond acceptors (Lipinski definition) is 8. The number of nitrogens with one attached hydrogen (secondary N) is 1. The molecule has 0 spiro atoms. The van der Waals surface area contributed by atoms with Crippen molar-refractivity contribution in [2.24, 2.45) is 11.3 Å². The maximum Gasteiger partial charge on any atom is 0.238 e. The maximum absolute atomic E-state index is 15.2. The van der Waals surface area contributed by atoms with Crippen LogP contribution in [-0.4, -0.2) is 69.8 Å². The van der Waals surface area contributed by atoms with Crippen molar-refractivity contribution in [3.63, 3.8) is 0 Å². The van der Waals surface area contributed by atoms with Crippen LogP contribution in [0, 0.1) is 18.3 Å². The quantitative estimate of drug-likeness (QED) is 0.517. The first-order valence-corrected chi connectivity index (χ1v) is 13.4. The van der Waals surface area contributed by atoms with Crippen molar-refractivity contribution in [3.8, 4) is 0 Å². The van der Waals surface area contributed by atoms with E-state index in [0.29, 0.717) is 6.42 Å². The molecule has 0 bridgehead atoms. The van der Waals surface area contributed by atoms with Crippen LogP contribution in [0.15, 0.2) is 11.0 Å². The summed E-state index contributed by atoms with van der Waals surface area (Å²) in [4.78, 5) is 30.8. The summed E-state index contributed by atoms with van der Waals surface area (Å²) < 4.78 is 26.3. The van der Waals surface area contributed by atoms with Gasteiger partial charge in [-0.1, -0.05) is 20.8 Å². The van der Waals surface area contributed by atoms with Crippen LogP contribution in [0.5, 0.6) is 0 Å². The van der Waals surface area contributed by atoms with Gasteiger partial charge in [-0.25, -0.2) is 9.37 Å². The van der Waals surface area contributed by atoms with E-state index < -0.39 is 53.6 Å². The number of amides is 1. The van der Waals surface area contributed by atoms with Crippen LogP contribution >= 0.6 is 11.3 Å². The van der Waals surface area contributed by atoms with Crippen molar-refractivity contribution in [3.05, 3.63) is 21.7 Å². The minimum Gasteiger partial charge on any atom is -0.392 e. The van der Waals surface area contributed by atoms with Gasteiger partial charge in [-0.3, -0.25) is 9.59 Å². The summed E-state index contributed by atoms with van der Waals surface area (Å²) in [5, 5.41) is 27.4. The zero-order valence-electron chi connectivity index (χ0n) is 21.9. The van der Waals surface area contributed by atoms with E-state index in [-0.39, 0.29) is 31.7 Å². The van der Waals surface area contributed by atoms with E-state index in [1.54, 1.807) is 27.7 Å². The standard InChI is InChI=1S/C26H39FN2O6S/c1-7-18-23(32)15(3)34-9-8-26(27)21(35-26)11-19(14(2)10-17-13-36-16(4)28-17)29-22(31)12-20(30)25(5,6)24(18)33/h10,13,15,18-21,23,30,32H,7-9,11-12H2,1-6H3,(H,29,31)/t15-,18+,19-,20-,21-,23+,26+/m0/s1. The van der Waals surface area contributed by atoms with E-state index in [4.69, 9.17) is 9.47 Å². The van der Waals surface area contributed by atoms with Gasteiger partial charge >= 0.3 is 0 Å². The number of aliphatic hydroxyl groups excluding tert-OH is 2. The highest BCUT2D eigenvalue weighted by molar-refractivity contribution is 7.09. The molecule has 202 valence electrons. The van der Waals surface area contributed by atoms with Gasteiger partial charge < -0.3 is 25.0 Å². The minimum atomic E-state index is -1.89. The number of epoxide rings is 1. The average molecular weight is 527 g/mol. The topological polar surface area (TPSA) is 121 Å². The number of aliphatic hydroxyl groups is 2. The number of aryl methyl sites for hydroxylation is 1. The third-order valence-corrected chi connectivity index (χ3v) is 8.24. The molecule has 3 N–H and O–H groups in total. The molecule has 1 aromatic rings. The largest absolute Gasteiger partial charge is 0.392 e. The fourth-order valence-corrected chi connectivity index (χ4v) is 5.29. The fourth-order valence-electron chi connectivity index (χ4n) is 4.72. The van der Waals surface area contributed by atoms with Crippen molar-refractivity contribution >= 4 is 29.1 Å². The van der Waals surface area contributed by atoms with Gasteiger partial charge in [0.1, 0.15) is 11.9 Å². The van der Waals surface area contributed by atoms with Gasteiger partial charge in [0.05, 0.1) is 53.5 Å². The molecule has 0 aliphatic carbocycles. The molecule has 1 aromatic heterocycles. The van der Waals surface area contributed by atoms with Crippen molar-refractivity contribution in [1.82, 2.24) is 10.3 Å². The van der Waals surface area contributed by atoms with E-state index in [1.807, 2.05) is 25.3 Å². The molecule has 0 unspecified atom stereocenters. The summed E-state index contributed by atoms with van der Waals surface area (Å²) in [5.41, 5.74) is 0.247. The summed E-state index contributed by atoms with van der Waals surface area (Å²) in [5.74, 6) is -3.49. The third-order valence-electron chi connectivity index (χ3n) is 7.45. The molecule has 8 nitrogen and oxygen atoms in total. The number of fused-ring (bicyclic) bond motifs is 1. The second-order valence-electron chi connectivity index (χ2n) is 10.6. The number of hydrogen-bond donors (Lipinski definition) is 3. The van der Waals surface area contributed by atoms with Crippen LogP contribution in [0.4, 0.5) is 4.39 Å². The number of carbonyl (C=O) groups excluding carboxylic acids is 2. The van der Waals surface area contributed by atoms with Crippen molar-refractivity contribution in [1.29, 1.82) is 0 Å². The van der Waals surface area contributed by atoms with Crippen LogP contribution in [0.2, 0.25) is 0 Å². The molecule has 0 radical (unpaired) electrons. The second kappa shape index (κ2) is 11.3. The summed E-state index contributed by atoms with van der Waals surface area (Å²) in [6, 6.07) is -0.550. The minimum absolute atomic E-state index is 0.00577. The monoisotopic (exact) mass is 526 g/mol. The number of thiazole rings is 1. The van der Waals surface area contributed by atoms with Crippen LogP contribution in [0.3, 0.4) is 0 Å². The van der Waals surface area contributed by atoms with E-state index in [2.05, 4.69) is 10.3 Å². The lowest BCUT2D eigenvalue weighted by Gasteiger charge is -2.35. The molecule has 3 rings (SSSR count). The number of Topliss-reactive ketones (excluding diaryl/α,β-unsaturated/α-hetero) is 1. The van der Waals surface area contributed by atoms with E-state index in [9.17, 15) is 19.8 Å². The number of alkyl halides is 1. The molecule has 3 heterocycles. The smallest absolute Gasteiger partial charge is 0.238 e. The summed E-state index contributed by atoms with van der Waals surface area (Å²) >= 11 is 1.51. The molecule has 36 heavy (non-hydrogen) atoms. The molecule has 2 aliphatic heterocycles. The molecular formula is C26H39FN2O6S. The molecule has 2 fully saturated rings. The Kier molecular flexibility index (Phi) is 9.09. The second-order valence-corrected chi connectivity index (χ2v) is 11.6. The zero-order valence-corrected chi connectivity index (χ0v) is 22.7. The lowest BCUT2D eigenvalue weighted by molar-refractivity contribution is -0.147. The van der Waals surface area contributed by atoms with Crippen molar-refractivity contribution in [2.75, 3.05) is 6.61 Å². The Morgan fingerprint density at radius 1 is 1.36 bits per heavy atom. The Hall–Kier alpha value is -1.72. The van der Waals surface area contributed by atoms with Crippen molar-refractivity contribution in [2.45, 2.75) is 104 Å². The zero-order chi connectivity index (χ0) is 26.8. The van der Waals surface area contributed by atoms with Crippen LogP contribution in [0.25, 0.3) is 6.08 Å². The molecule has 2 saturated heterocycles. The lowest BCUT2D eigenvalue weighted by atomic mass is 9.72. The Labute approximate surface area is 216 Å². The van der Waals surface area contributed by atoms with E-state index >= 15 is 4.39 Å². The first kappa shape index (κ1) is 28.8. The number of aromatic nitrogens is 1. The molecule has 7 atom stereocenters. The summed E-state index contributed by atoms with van der Waals surface area (Å²) in [6.45, 7) is 10.3. The molecule has 0 saturated carbocycles. The maximum atomic E-state index is 15.2. The number of carbonyl (C=O) groups is 2. The van der Waals surface area contributed by atoms with Crippen LogP contribution in [0.1, 0.15) is 71.0 Å². The lowest BCUT2D eigenvalue weighted by Crippen LogP contribution is -2.49. The van der Waals surface area contributed by atoms with E-state index in [1.165, 1.54) is 11.3 Å². The number of rotatable bonds is 3. The van der Waals surface area contributed by atoms with Gasteiger partial charge in [-0.05, 0) is 38.8 Å². The van der Waals surface area contributed by atoms with Gasteiger partial charge in [-0.15, -0.1) is 11.3 Å². The van der Waals surface area contributed by atoms with Gasteiger partial charge in [0, 0.05) is 24.1 Å². The Balaban J connectivity index is 1.87. The highest BCUT2D eigenvalue weighted by Crippen LogP contribution is 2.45. The van der Waals surface area contributed by atoms with Crippen LogP contribution < -0.4 is 5.32 Å². The summed E-state index contributed by atoms with van der Waals surface area (Å²) in [6.07, 6.45) is -1.83. The molecule has 1 amide bonds. The predicted octanol–water partition coefficient (Wildman–Crippen LogP) is 3.34. The molecule has 10 heteroatoms. The molecule has 2 aliphatic rings. The van der Waals surface area contributed by atoms with Crippen molar-refractivity contribution < 1.29 is 33.7 Å². The fraction of sp³-hybridized carbons (Fsp3) is 0.731. The van der Waals surface area contributed by atoms with Gasteiger partial charge in [0.15, 0.2) is 0 Å². The normalized spacial score (nSPS) is 36.8. The highest BCUT2D eigenvalue weighted by Gasteiger charge is 2.58. The number of nitrogens with zero attached hydrogens (tertiary/aromatic N) is 1. The van der Waals surface area contributed by atoms with E-state index in [0.717, 1.165) is 16.3 Å².